The molecule has 0 radical (unpaired) electrons. The van der Waals surface area contributed by atoms with Gasteiger partial charge in [0.05, 0.1) is 6.17 Å². The Hall–Kier alpha value is -1.88. The molecular formula is C25H34N4. The number of piperidine rings is 2. The SMILES string of the molecule is NC1CCCCN1N1CCCC(CCCn2c3ccccc3c3ccccc32)C1. The van der Waals surface area contributed by atoms with Crippen LogP contribution in [0.1, 0.15) is 44.9 Å². The number of aryl methyl sites for hydroxylation is 1. The molecule has 2 aromatic carbocycles. The van der Waals surface area contributed by atoms with Crippen LogP contribution in [-0.2, 0) is 6.54 Å². The normalized spacial score (nSPS) is 24.4. The highest BCUT2D eigenvalue weighted by Crippen LogP contribution is 2.30. The van der Waals surface area contributed by atoms with Gasteiger partial charge in [0.2, 0.25) is 0 Å². The van der Waals surface area contributed by atoms with E-state index >= 15 is 0 Å². The van der Waals surface area contributed by atoms with Crippen LogP contribution in [-0.4, -0.2) is 40.4 Å². The molecule has 1 aromatic heterocycles. The van der Waals surface area contributed by atoms with E-state index in [1.165, 1.54) is 73.4 Å². The van der Waals surface area contributed by atoms with Gasteiger partial charge in [-0.05, 0) is 63.0 Å². The topological polar surface area (TPSA) is 37.4 Å². The minimum atomic E-state index is 0.236. The van der Waals surface area contributed by atoms with E-state index in [0.29, 0.717) is 0 Å². The number of para-hydroxylation sites is 2. The van der Waals surface area contributed by atoms with E-state index in [1.807, 2.05) is 0 Å². The molecule has 0 aliphatic carbocycles. The maximum atomic E-state index is 6.41. The Bertz CT molecular complexity index is 909. The van der Waals surface area contributed by atoms with Crippen molar-refractivity contribution < 1.29 is 0 Å². The van der Waals surface area contributed by atoms with E-state index in [-0.39, 0.29) is 6.17 Å². The molecule has 0 bridgehead atoms. The molecule has 0 amide bonds. The smallest absolute Gasteiger partial charge is 0.0710 e. The monoisotopic (exact) mass is 390 g/mol. The summed E-state index contributed by atoms with van der Waals surface area (Å²) in [6.07, 6.45) is 9.19. The molecule has 4 heteroatoms. The first-order valence-corrected chi connectivity index (χ1v) is 11.5. The van der Waals surface area contributed by atoms with Gasteiger partial charge in [-0.25, -0.2) is 10.0 Å². The Morgan fingerprint density at radius 1 is 0.828 bits per heavy atom. The third-order valence-electron chi connectivity index (χ3n) is 7.05. The number of hydrazine groups is 1. The highest BCUT2D eigenvalue weighted by Gasteiger charge is 2.29. The molecule has 2 fully saturated rings. The van der Waals surface area contributed by atoms with Crippen LogP contribution in [0.25, 0.3) is 21.8 Å². The summed E-state index contributed by atoms with van der Waals surface area (Å²) >= 11 is 0. The number of aromatic nitrogens is 1. The summed E-state index contributed by atoms with van der Waals surface area (Å²) < 4.78 is 2.53. The van der Waals surface area contributed by atoms with Gasteiger partial charge >= 0.3 is 0 Å². The summed E-state index contributed by atoms with van der Waals surface area (Å²) in [6, 6.07) is 17.7. The van der Waals surface area contributed by atoms with Crippen molar-refractivity contribution >= 4 is 21.8 Å². The number of hydrogen-bond donors (Lipinski definition) is 1. The van der Waals surface area contributed by atoms with Crippen LogP contribution < -0.4 is 5.73 Å². The largest absolute Gasteiger partial charge is 0.340 e. The average molecular weight is 391 g/mol. The van der Waals surface area contributed by atoms with E-state index in [9.17, 15) is 0 Å². The minimum absolute atomic E-state index is 0.236. The molecule has 3 heterocycles. The van der Waals surface area contributed by atoms with Crippen molar-refractivity contribution in [3.05, 3.63) is 48.5 Å². The van der Waals surface area contributed by atoms with Crippen molar-refractivity contribution in [3.63, 3.8) is 0 Å². The van der Waals surface area contributed by atoms with Crippen LogP contribution in [0.15, 0.2) is 48.5 Å². The summed E-state index contributed by atoms with van der Waals surface area (Å²) in [5, 5.41) is 7.82. The van der Waals surface area contributed by atoms with Gasteiger partial charge in [-0.2, -0.15) is 0 Å². The molecule has 0 spiro atoms. The third-order valence-corrected chi connectivity index (χ3v) is 7.05. The maximum Gasteiger partial charge on any atom is 0.0710 e. The molecular weight excluding hydrogens is 356 g/mol. The number of fused-ring (bicyclic) bond motifs is 3. The predicted molar refractivity (Wildman–Crippen MR) is 122 cm³/mol. The quantitative estimate of drug-likeness (QED) is 0.668. The number of nitrogens with two attached hydrogens (primary N) is 1. The Kier molecular flexibility index (Phi) is 5.58. The molecule has 0 saturated carbocycles. The first-order valence-electron chi connectivity index (χ1n) is 11.5. The number of benzene rings is 2. The average Bonchev–Trinajstić information content (AvgIpc) is 3.09. The lowest BCUT2D eigenvalue weighted by Gasteiger charge is -2.45. The molecule has 29 heavy (non-hydrogen) atoms. The first-order chi connectivity index (χ1) is 14.3. The Morgan fingerprint density at radius 3 is 2.28 bits per heavy atom. The molecule has 2 saturated heterocycles. The molecule has 2 aliphatic rings. The van der Waals surface area contributed by atoms with Crippen molar-refractivity contribution in [1.29, 1.82) is 0 Å². The van der Waals surface area contributed by atoms with Gasteiger partial charge in [0.25, 0.3) is 0 Å². The van der Waals surface area contributed by atoms with Gasteiger partial charge in [-0.1, -0.05) is 36.4 Å². The van der Waals surface area contributed by atoms with Crippen molar-refractivity contribution in [1.82, 2.24) is 14.6 Å². The van der Waals surface area contributed by atoms with Crippen molar-refractivity contribution in [3.8, 4) is 0 Å². The molecule has 2 unspecified atom stereocenters. The van der Waals surface area contributed by atoms with Gasteiger partial charge in [0.1, 0.15) is 0 Å². The molecule has 2 N–H and O–H groups in total. The summed E-state index contributed by atoms with van der Waals surface area (Å²) in [6.45, 7) is 4.64. The lowest BCUT2D eigenvalue weighted by molar-refractivity contribution is -0.0993. The molecule has 154 valence electrons. The van der Waals surface area contributed by atoms with Gasteiger partial charge in [-0.15, -0.1) is 0 Å². The summed E-state index contributed by atoms with van der Waals surface area (Å²) in [4.78, 5) is 0. The Labute approximate surface area is 174 Å². The fourth-order valence-electron chi connectivity index (χ4n) is 5.59. The van der Waals surface area contributed by atoms with E-state index in [4.69, 9.17) is 5.73 Å². The van der Waals surface area contributed by atoms with Gasteiger partial charge < -0.3 is 10.3 Å². The van der Waals surface area contributed by atoms with Crippen LogP contribution in [0.3, 0.4) is 0 Å². The van der Waals surface area contributed by atoms with Crippen molar-refractivity contribution in [2.75, 3.05) is 19.6 Å². The zero-order valence-corrected chi connectivity index (χ0v) is 17.5. The predicted octanol–water partition coefficient (Wildman–Crippen LogP) is 4.97. The molecule has 2 atom stereocenters. The van der Waals surface area contributed by atoms with Crippen LogP contribution in [0, 0.1) is 5.92 Å². The highest BCUT2D eigenvalue weighted by atomic mass is 15.7. The van der Waals surface area contributed by atoms with E-state index in [1.54, 1.807) is 0 Å². The van der Waals surface area contributed by atoms with E-state index in [2.05, 4.69) is 63.1 Å². The maximum absolute atomic E-state index is 6.41. The van der Waals surface area contributed by atoms with Crippen LogP contribution in [0.5, 0.6) is 0 Å². The molecule has 5 rings (SSSR count). The lowest BCUT2D eigenvalue weighted by atomic mass is 9.94. The second kappa shape index (κ2) is 8.47. The third kappa shape index (κ3) is 3.81. The summed E-state index contributed by atoms with van der Waals surface area (Å²) in [5.41, 5.74) is 9.15. The minimum Gasteiger partial charge on any atom is -0.340 e. The Morgan fingerprint density at radius 2 is 1.55 bits per heavy atom. The Balaban J connectivity index is 1.25. The zero-order valence-electron chi connectivity index (χ0n) is 17.5. The molecule has 2 aliphatic heterocycles. The second-order valence-electron chi connectivity index (χ2n) is 8.98. The van der Waals surface area contributed by atoms with Gasteiger partial charge in [0, 0.05) is 48.0 Å². The van der Waals surface area contributed by atoms with E-state index in [0.717, 1.165) is 25.4 Å². The van der Waals surface area contributed by atoms with Crippen LogP contribution in [0.2, 0.25) is 0 Å². The fraction of sp³-hybridized carbons (Fsp3) is 0.520. The zero-order chi connectivity index (χ0) is 19.6. The number of nitrogens with zero attached hydrogens (tertiary/aromatic N) is 3. The number of rotatable bonds is 5. The lowest BCUT2D eigenvalue weighted by Crippen LogP contribution is -2.57. The van der Waals surface area contributed by atoms with Gasteiger partial charge in [-0.3, -0.25) is 0 Å². The second-order valence-corrected chi connectivity index (χ2v) is 8.98. The van der Waals surface area contributed by atoms with E-state index < -0.39 is 0 Å². The van der Waals surface area contributed by atoms with Crippen molar-refractivity contribution in [2.45, 2.75) is 57.7 Å². The summed E-state index contributed by atoms with van der Waals surface area (Å²) in [5.74, 6) is 0.797. The van der Waals surface area contributed by atoms with Crippen LogP contribution >= 0.6 is 0 Å². The standard InChI is InChI=1S/C25H34N4/c26-25-15-5-6-18-29(25)27-16-7-9-20(19-27)10-8-17-28-23-13-3-1-11-21(23)22-12-2-4-14-24(22)28/h1-4,11-14,20,25H,5-10,15-19,26H2. The molecule has 3 aromatic rings. The molecule has 4 nitrogen and oxygen atoms in total. The number of hydrogen-bond acceptors (Lipinski definition) is 3. The summed E-state index contributed by atoms with van der Waals surface area (Å²) in [7, 11) is 0. The fourth-order valence-corrected chi connectivity index (χ4v) is 5.59. The van der Waals surface area contributed by atoms with Crippen molar-refractivity contribution in [2.24, 2.45) is 11.7 Å². The van der Waals surface area contributed by atoms with Gasteiger partial charge in [0.15, 0.2) is 0 Å². The highest BCUT2D eigenvalue weighted by molar-refractivity contribution is 6.07. The first kappa shape index (κ1) is 19.1. The van der Waals surface area contributed by atoms with Crippen LogP contribution in [0.4, 0.5) is 0 Å².